The molecular weight excluding hydrogens is 350 g/mol. The summed E-state index contributed by atoms with van der Waals surface area (Å²) in [4.78, 5) is 16.5. The molecule has 0 spiro atoms. The van der Waals surface area contributed by atoms with Crippen LogP contribution in [0.5, 0.6) is 5.75 Å². The van der Waals surface area contributed by atoms with E-state index in [0.29, 0.717) is 30.5 Å². The fourth-order valence-electron chi connectivity index (χ4n) is 2.56. The molecule has 0 radical (unpaired) electrons. The Labute approximate surface area is 165 Å². The highest BCUT2D eigenvalue weighted by molar-refractivity contribution is 5.94. The maximum atomic E-state index is 12.2. The third-order valence-corrected chi connectivity index (χ3v) is 4.07. The standard InChI is InChI=1S/C23H25N3O2/c1-17(2)15-25-23(27)19-12-13-24-22(14-19)26-20-8-10-21(11-9-20)28-16-18-6-4-3-5-7-18/h3-14,17H,15-16H2,1-2H3,(H,24,26)(H,25,27). The first kappa shape index (κ1) is 19.4. The van der Waals surface area contributed by atoms with Gasteiger partial charge in [0.2, 0.25) is 0 Å². The van der Waals surface area contributed by atoms with Gasteiger partial charge in [-0.15, -0.1) is 0 Å². The second kappa shape index (κ2) is 9.55. The van der Waals surface area contributed by atoms with E-state index >= 15 is 0 Å². The minimum Gasteiger partial charge on any atom is -0.489 e. The van der Waals surface area contributed by atoms with Crippen LogP contribution < -0.4 is 15.4 Å². The van der Waals surface area contributed by atoms with Gasteiger partial charge in [0.05, 0.1) is 0 Å². The maximum absolute atomic E-state index is 12.2. The van der Waals surface area contributed by atoms with Crippen molar-refractivity contribution in [2.24, 2.45) is 5.92 Å². The molecule has 144 valence electrons. The van der Waals surface area contributed by atoms with Crippen LogP contribution in [-0.4, -0.2) is 17.4 Å². The average molecular weight is 375 g/mol. The number of anilines is 2. The molecule has 0 saturated carbocycles. The SMILES string of the molecule is CC(C)CNC(=O)c1ccnc(Nc2ccc(OCc3ccccc3)cc2)c1. The summed E-state index contributed by atoms with van der Waals surface area (Å²) >= 11 is 0. The first-order chi connectivity index (χ1) is 13.6. The van der Waals surface area contributed by atoms with Crippen LogP contribution in [0.15, 0.2) is 72.9 Å². The number of hydrogen-bond donors (Lipinski definition) is 2. The highest BCUT2D eigenvalue weighted by Crippen LogP contribution is 2.20. The first-order valence-corrected chi connectivity index (χ1v) is 9.38. The summed E-state index contributed by atoms with van der Waals surface area (Å²) in [5, 5.41) is 6.13. The van der Waals surface area contributed by atoms with Gasteiger partial charge < -0.3 is 15.4 Å². The Bertz CT molecular complexity index is 893. The fraction of sp³-hybridized carbons (Fsp3) is 0.217. The predicted octanol–water partition coefficient (Wildman–Crippen LogP) is 4.79. The molecule has 0 aliphatic rings. The molecule has 2 aromatic carbocycles. The Morgan fingerprint density at radius 3 is 2.50 bits per heavy atom. The van der Waals surface area contributed by atoms with Crippen LogP contribution in [-0.2, 0) is 6.61 Å². The van der Waals surface area contributed by atoms with Gasteiger partial charge in [-0.1, -0.05) is 44.2 Å². The van der Waals surface area contributed by atoms with E-state index in [2.05, 4.69) is 29.5 Å². The van der Waals surface area contributed by atoms with Gasteiger partial charge in [0, 0.05) is 24.0 Å². The molecule has 0 fully saturated rings. The zero-order valence-corrected chi connectivity index (χ0v) is 16.2. The van der Waals surface area contributed by atoms with E-state index in [4.69, 9.17) is 4.74 Å². The predicted molar refractivity (Wildman–Crippen MR) is 112 cm³/mol. The van der Waals surface area contributed by atoms with Gasteiger partial charge >= 0.3 is 0 Å². The zero-order chi connectivity index (χ0) is 19.8. The minimum atomic E-state index is -0.0937. The zero-order valence-electron chi connectivity index (χ0n) is 16.2. The Hall–Kier alpha value is -3.34. The van der Waals surface area contributed by atoms with Crippen LogP contribution in [0.2, 0.25) is 0 Å². The minimum absolute atomic E-state index is 0.0937. The third-order valence-electron chi connectivity index (χ3n) is 4.07. The molecule has 0 aliphatic carbocycles. The Kier molecular flexibility index (Phi) is 6.63. The van der Waals surface area contributed by atoms with Gasteiger partial charge in [-0.25, -0.2) is 4.98 Å². The van der Waals surface area contributed by atoms with Crippen molar-refractivity contribution in [1.29, 1.82) is 0 Å². The van der Waals surface area contributed by atoms with Crippen molar-refractivity contribution in [2.75, 3.05) is 11.9 Å². The lowest BCUT2D eigenvalue weighted by molar-refractivity contribution is 0.0949. The Balaban J connectivity index is 1.58. The number of ether oxygens (including phenoxy) is 1. The summed E-state index contributed by atoms with van der Waals surface area (Å²) in [5.41, 5.74) is 2.58. The number of amides is 1. The second-order valence-corrected chi connectivity index (χ2v) is 6.96. The first-order valence-electron chi connectivity index (χ1n) is 9.38. The van der Waals surface area contributed by atoms with Crippen molar-refractivity contribution >= 4 is 17.4 Å². The summed E-state index contributed by atoms with van der Waals surface area (Å²) in [6.07, 6.45) is 1.63. The molecule has 5 heteroatoms. The number of nitrogens with one attached hydrogen (secondary N) is 2. The van der Waals surface area contributed by atoms with Crippen LogP contribution >= 0.6 is 0 Å². The largest absolute Gasteiger partial charge is 0.489 e. The summed E-state index contributed by atoms with van der Waals surface area (Å²) in [7, 11) is 0. The number of hydrogen-bond acceptors (Lipinski definition) is 4. The van der Waals surface area contributed by atoms with E-state index in [1.165, 1.54) is 0 Å². The lowest BCUT2D eigenvalue weighted by atomic mass is 10.2. The molecule has 0 aliphatic heterocycles. The Morgan fingerprint density at radius 2 is 1.79 bits per heavy atom. The van der Waals surface area contributed by atoms with Crippen LogP contribution in [0, 0.1) is 5.92 Å². The molecule has 5 nitrogen and oxygen atoms in total. The molecule has 2 N–H and O–H groups in total. The third kappa shape index (κ3) is 5.84. The number of aromatic nitrogens is 1. The van der Waals surface area contributed by atoms with Crippen molar-refractivity contribution in [3.63, 3.8) is 0 Å². The molecule has 28 heavy (non-hydrogen) atoms. The molecule has 1 heterocycles. The normalized spacial score (nSPS) is 10.5. The van der Waals surface area contributed by atoms with Crippen molar-refractivity contribution in [2.45, 2.75) is 20.5 Å². The highest BCUT2D eigenvalue weighted by atomic mass is 16.5. The molecule has 0 unspecified atom stereocenters. The fourth-order valence-corrected chi connectivity index (χ4v) is 2.56. The highest BCUT2D eigenvalue weighted by Gasteiger charge is 2.07. The topological polar surface area (TPSA) is 63.2 Å². The summed E-state index contributed by atoms with van der Waals surface area (Å²) < 4.78 is 5.80. The second-order valence-electron chi connectivity index (χ2n) is 6.96. The van der Waals surface area contributed by atoms with Crippen molar-refractivity contribution in [3.8, 4) is 5.75 Å². The monoisotopic (exact) mass is 375 g/mol. The van der Waals surface area contributed by atoms with Gasteiger partial charge in [0.15, 0.2) is 0 Å². The molecule has 1 aromatic heterocycles. The maximum Gasteiger partial charge on any atom is 0.251 e. The van der Waals surface area contributed by atoms with E-state index in [0.717, 1.165) is 17.0 Å². The van der Waals surface area contributed by atoms with Crippen molar-refractivity contribution in [1.82, 2.24) is 10.3 Å². The molecule has 3 aromatic rings. The van der Waals surface area contributed by atoms with Gasteiger partial charge in [0.1, 0.15) is 18.2 Å². The summed E-state index contributed by atoms with van der Waals surface area (Å²) in [6, 6.07) is 21.2. The van der Waals surface area contributed by atoms with E-state index in [1.807, 2.05) is 54.6 Å². The smallest absolute Gasteiger partial charge is 0.251 e. The van der Waals surface area contributed by atoms with E-state index < -0.39 is 0 Å². The molecule has 0 atom stereocenters. The van der Waals surface area contributed by atoms with E-state index in [-0.39, 0.29) is 5.91 Å². The van der Waals surface area contributed by atoms with Gasteiger partial charge in [-0.05, 0) is 47.9 Å². The summed E-state index contributed by atoms with van der Waals surface area (Å²) in [5.74, 6) is 1.73. The molecule has 0 bridgehead atoms. The van der Waals surface area contributed by atoms with Crippen LogP contribution in [0.4, 0.5) is 11.5 Å². The number of carbonyl (C=O) groups is 1. The van der Waals surface area contributed by atoms with Gasteiger partial charge in [0.25, 0.3) is 5.91 Å². The van der Waals surface area contributed by atoms with Crippen molar-refractivity contribution in [3.05, 3.63) is 84.1 Å². The molecule has 3 rings (SSSR count). The summed E-state index contributed by atoms with van der Waals surface area (Å²) in [6.45, 7) is 5.30. The van der Waals surface area contributed by atoms with Crippen LogP contribution in [0.1, 0.15) is 29.8 Å². The number of benzene rings is 2. The van der Waals surface area contributed by atoms with Crippen molar-refractivity contribution < 1.29 is 9.53 Å². The molecule has 1 amide bonds. The van der Waals surface area contributed by atoms with Gasteiger partial charge in [-0.3, -0.25) is 4.79 Å². The van der Waals surface area contributed by atoms with Gasteiger partial charge in [-0.2, -0.15) is 0 Å². The molecular formula is C23H25N3O2. The molecule has 0 saturated heterocycles. The van der Waals surface area contributed by atoms with E-state index in [9.17, 15) is 4.79 Å². The average Bonchev–Trinajstić information content (AvgIpc) is 2.72. The number of rotatable bonds is 8. The number of carbonyl (C=O) groups excluding carboxylic acids is 1. The Morgan fingerprint density at radius 1 is 1.04 bits per heavy atom. The quantitative estimate of drug-likeness (QED) is 0.594. The number of nitrogens with zero attached hydrogens (tertiary/aromatic N) is 1. The number of pyridine rings is 1. The van der Waals surface area contributed by atoms with E-state index in [1.54, 1.807) is 18.3 Å². The van der Waals surface area contributed by atoms with Crippen LogP contribution in [0.25, 0.3) is 0 Å². The lowest BCUT2D eigenvalue weighted by Gasteiger charge is -2.10. The lowest BCUT2D eigenvalue weighted by Crippen LogP contribution is -2.27. The van der Waals surface area contributed by atoms with Crippen LogP contribution in [0.3, 0.4) is 0 Å².